The number of carbonyl (C=O) groups is 1. The molecule has 0 aromatic heterocycles. The van der Waals surface area contributed by atoms with Gasteiger partial charge in [-0.1, -0.05) is 31.4 Å². The lowest BCUT2D eigenvalue weighted by Gasteiger charge is -2.41. The van der Waals surface area contributed by atoms with Crippen LogP contribution in [0.5, 0.6) is 0 Å². The third-order valence-corrected chi connectivity index (χ3v) is 5.11. The van der Waals surface area contributed by atoms with Gasteiger partial charge in [0.15, 0.2) is 0 Å². The maximum absolute atomic E-state index is 12.8. The second kappa shape index (κ2) is 6.29. The van der Waals surface area contributed by atoms with Gasteiger partial charge in [0.1, 0.15) is 0 Å². The summed E-state index contributed by atoms with van der Waals surface area (Å²) in [6, 6.07) is 8.57. The van der Waals surface area contributed by atoms with Crippen LogP contribution in [0.3, 0.4) is 0 Å². The summed E-state index contributed by atoms with van der Waals surface area (Å²) < 4.78 is 0. The molecule has 1 saturated heterocycles. The van der Waals surface area contributed by atoms with Gasteiger partial charge in [-0.3, -0.25) is 4.79 Å². The maximum atomic E-state index is 12.8. The van der Waals surface area contributed by atoms with Crippen molar-refractivity contribution in [2.24, 2.45) is 5.73 Å². The van der Waals surface area contributed by atoms with Gasteiger partial charge in [0.2, 0.25) is 5.91 Å². The summed E-state index contributed by atoms with van der Waals surface area (Å²) in [4.78, 5) is 17.1. The Bertz CT molecular complexity index is 529. The highest BCUT2D eigenvalue weighted by molar-refractivity contribution is 5.86. The van der Waals surface area contributed by atoms with Crippen LogP contribution in [0.25, 0.3) is 0 Å². The minimum atomic E-state index is -0.593. The van der Waals surface area contributed by atoms with Crippen LogP contribution in [0.1, 0.15) is 37.7 Å². The van der Waals surface area contributed by atoms with Crippen LogP contribution in [0.2, 0.25) is 0 Å². The van der Waals surface area contributed by atoms with E-state index in [2.05, 4.69) is 36.1 Å². The van der Waals surface area contributed by atoms with Gasteiger partial charge in [-0.2, -0.15) is 0 Å². The lowest BCUT2D eigenvalue weighted by Crippen LogP contribution is -2.60. The molecule has 22 heavy (non-hydrogen) atoms. The first-order chi connectivity index (χ1) is 10.6. The molecule has 120 valence electrons. The molecule has 0 bridgehead atoms. The Balaban J connectivity index is 1.60. The molecule has 0 radical (unpaired) electrons. The van der Waals surface area contributed by atoms with Crippen molar-refractivity contribution in [3.05, 3.63) is 29.8 Å². The van der Waals surface area contributed by atoms with E-state index in [0.29, 0.717) is 0 Å². The molecule has 1 aliphatic carbocycles. The zero-order valence-electron chi connectivity index (χ0n) is 13.6. The van der Waals surface area contributed by atoms with Crippen LogP contribution in [-0.2, 0) is 4.79 Å². The van der Waals surface area contributed by atoms with Gasteiger partial charge < -0.3 is 15.5 Å². The lowest BCUT2D eigenvalue weighted by atomic mass is 9.81. The van der Waals surface area contributed by atoms with E-state index in [1.165, 1.54) is 17.7 Å². The predicted molar refractivity (Wildman–Crippen MR) is 90.0 cm³/mol. The van der Waals surface area contributed by atoms with Crippen molar-refractivity contribution in [3.8, 4) is 0 Å². The molecule has 3 rings (SSSR count). The Morgan fingerprint density at radius 2 is 1.77 bits per heavy atom. The zero-order valence-corrected chi connectivity index (χ0v) is 13.6. The Morgan fingerprint density at radius 3 is 2.41 bits per heavy atom. The van der Waals surface area contributed by atoms with E-state index in [-0.39, 0.29) is 5.91 Å². The van der Waals surface area contributed by atoms with Crippen molar-refractivity contribution in [2.45, 2.75) is 44.6 Å². The standard InChI is InChI=1S/C18H27N3O/c1-15-6-5-7-16(14-15)20-10-12-21(13-11-20)17(22)18(19)8-3-2-4-9-18/h5-7,14H,2-4,8-13,19H2,1H3. The zero-order chi connectivity index (χ0) is 15.6. The highest BCUT2D eigenvalue weighted by Crippen LogP contribution is 2.28. The fourth-order valence-electron chi connectivity index (χ4n) is 3.70. The Morgan fingerprint density at radius 1 is 1.09 bits per heavy atom. The number of anilines is 1. The van der Waals surface area contributed by atoms with Crippen molar-refractivity contribution in [1.29, 1.82) is 0 Å². The van der Waals surface area contributed by atoms with Gasteiger partial charge in [-0.05, 0) is 37.5 Å². The minimum absolute atomic E-state index is 0.177. The van der Waals surface area contributed by atoms with Crippen LogP contribution in [0.4, 0.5) is 5.69 Å². The molecule has 1 saturated carbocycles. The second-order valence-corrected chi connectivity index (χ2v) is 6.84. The van der Waals surface area contributed by atoms with Gasteiger partial charge in [-0.25, -0.2) is 0 Å². The summed E-state index contributed by atoms with van der Waals surface area (Å²) in [7, 11) is 0. The number of nitrogens with zero attached hydrogens (tertiary/aromatic N) is 2. The molecule has 1 aromatic carbocycles. The Hall–Kier alpha value is -1.55. The van der Waals surface area contributed by atoms with Crippen LogP contribution >= 0.6 is 0 Å². The molecule has 2 fully saturated rings. The van der Waals surface area contributed by atoms with Crippen molar-refractivity contribution in [2.75, 3.05) is 31.1 Å². The number of nitrogens with two attached hydrogens (primary N) is 1. The summed E-state index contributed by atoms with van der Waals surface area (Å²) >= 11 is 0. The van der Waals surface area contributed by atoms with Crippen LogP contribution < -0.4 is 10.6 Å². The van der Waals surface area contributed by atoms with E-state index in [0.717, 1.165) is 51.9 Å². The van der Waals surface area contributed by atoms with E-state index in [9.17, 15) is 4.79 Å². The molecule has 1 amide bonds. The number of hydrogen-bond acceptors (Lipinski definition) is 3. The lowest BCUT2D eigenvalue weighted by molar-refractivity contribution is -0.138. The largest absolute Gasteiger partial charge is 0.368 e. The minimum Gasteiger partial charge on any atom is -0.368 e. The Kier molecular flexibility index (Phi) is 4.39. The average molecular weight is 301 g/mol. The van der Waals surface area contributed by atoms with Gasteiger partial charge in [0, 0.05) is 31.9 Å². The topological polar surface area (TPSA) is 49.6 Å². The number of carbonyl (C=O) groups excluding carboxylic acids is 1. The van der Waals surface area contributed by atoms with Gasteiger partial charge in [0.25, 0.3) is 0 Å². The number of hydrogen-bond donors (Lipinski definition) is 1. The monoisotopic (exact) mass is 301 g/mol. The molecule has 1 heterocycles. The summed E-state index contributed by atoms with van der Waals surface area (Å²) in [6.45, 7) is 5.47. The number of amides is 1. The van der Waals surface area contributed by atoms with E-state index >= 15 is 0 Å². The van der Waals surface area contributed by atoms with Gasteiger partial charge >= 0.3 is 0 Å². The normalized spacial score (nSPS) is 21.7. The number of benzene rings is 1. The summed E-state index contributed by atoms with van der Waals surface area (Å²) in [6.07, 6.45) is 5.10. The molecular weight excluding hydrogens is 274 g/mol. The van der Waals surface area contributed by atoms with E-state index in [1.54, 1.807) is 0 Å². The molecular formula is C18H27N3O. The quantitative estimate of drug-likeness (QED) is 0.912. The van der Waals surface area contributed by atoms with Gasteiger partial charge in [-0.15, -0.1) is 0 Å². The first kappa shape index (κ1) is 15.3. The molecule has 4 nitrogen and oxygen atoms in total. The molecule has 2 aliphatic rings. The summed E-state index contributed by atoms with van der Waals surface area (Å²) in [5.41, 5.74) is 8.33. The molecule has 4 heteroatoms. The van der Waals surface area contributed by atoms with Crippen molar-refractivity contribution in [3.63, 3.8) is 0 Å². The van der Waals surface area contributed by atoms with Crippen LogP contribution in [-0.4, -0.2) is 42.5 Å². The van der Waals surface area contributed by atoms with Crippen LogP contribution in [0.15, 0.2) is 24.3 Å². The third kappa shape index (κ3) is 3.12. The number of piperazine rings is 1. The maximum Gasteiger partial charge on any atom is 0.242 e. The first-order valence-electron chi connectivity index (χ1n) is 8.48. The SMILES string of the molecule is Cc1cccc(N2CCN(C(=O)C3(N)CCCCC3)CC2)c1. The summed E-state index contributed by atoms with van der Waals surface area (Å²) in [5, 5.41) is 0. The molecule has 1 aromatic rings. The molecule has 2 N–H and O–H groups in total. The molecule has 1 aliphatic heterocycles. The molecule has 0 atom stereocenters. The molecule has 0 unspecified atom stereocenters. The van der Waals surface area contributed by atoms with Crippen LogP contribution in [0, 0.1) is 6.92 Å². The van der Waals surface area contributed by atoms with Crippen molar-refractivity contribution >= 4 is 11.6 Å². The predicted octanol–water partition coefficient (Wildman–Crippen LogP) is 2.31. The van der Waals surface area contributed by atoms with Crippen molar-refractivity contribution in [1.82, 2.24) is 4.90 Å². The fraction of sp³-hybridized carbons (Fsp3) is 0.611. The highest BCUT2D eigenvalue weighted by atomic mass is 16.2. The van der Waals surface area contributed by atoms with E-state index < -0.39 is 5.54 Å². The van der Waals surface area contributed by atoms with Crippen molar-refractivity contribution < 1.29 is 4.79 Å². The smallest absolute Gasteiger partial charge is 0.242 e. The Labute approximate surface area is 133 Å². The van der Waals surface area contributed by atoms with E-state index in [1.807, 2.05) is 4.90 Å². The number of rotatable bonds is 2. The molecule has 0 spiro atoms. The first-order valence-corrected chi connectivity index (χ1v) is 8.48. The summed E-state index contributed by atoms with van der Waals surface area (Å²) in [5.74, 6) is 0.177. The third-order valence-electron chi connectivity index (χ3n) is 5.11. The average Bonchev–Trinajstić information content (AvgIpc) is 2.55. The second-order valence-electron chi connectivity index (χ2n) is 6.84. The number of aryl methyl sites for hydroxylation is 1. The fourth-order valence-corrected chi connectivity index (χ4v) is 3.70. The highest BCUT2D eigenvalue weighted by Gasteiger charge is 2.39. The van der Waals surface area contributed by atoms with Gasteiger partial charge in [0.05, 0.1) is 5.54 Å². The van der Waals surface area contributed by atoms with E-state index in [4.69, 9.17) is 5.73 Å².